The van der Waals surface area contributed by atoms with Gasteiger partial charge in [-0.2, -0.15) is 4.57 Å². The number of anilines is 1. The Morgan fingerprint density at radius 3 is 2.29 bits per heavy atom. The molecule has 12 heteroatoms. The van der Waals surface area contributed by atoms with E-state index in [9.17, 15) is 0 Å². The molecule has 2 heterocycles. The molecule has 3 aromatic rings. The molecule has 62 heavy (non-hydrogen) atoms. The Bertz CT molecular complexity index is 1790. The van der Waals surface area contributed by atoms with Crippen LogP contribution in [0.25, 0.3) is 17.0 Å². The minimum absolute atomic E-state index is 0.257. The van der Waals surface area contributed by atoms with E-state index in [0.29, 0.717) is 52.8 Å². The highest BCUT2D eigenvalue weighted by atomic mass is 32.2. The second-order valence-electron chi connectivity index (χ2n) is 18.4. The molecule has 3 N–H and O–H groups in total. The molecule has 0 aliphatic carbocycles. The molecule has 1 unspecified atom stereocenters. The third-order valence-corrected chi connectivity index (χ3v) is 12.3. The SMILES string of the molecule is CCCOCCOCCOCC(N)C=NCC(C)(C)OCCC(C)(C)OCCNCCCCCC[N+](C)(C)CCC[n+]1ccc(C=C2Sc3ccccc3N2C)c2ccccc21. The normalized spacial score (nSPS) is 14.8. The highest BCUT2D eigenvalue weighted by Crippen LogP contribution is 2.45. The Morgan fingerprint density at radius 1 is 0.806 bits per heavy atom. The standard InChI is InChI=1S/C50H82N6O5S/c1-9-31-57-34-35-58-36-37-59-40-43(51)39-53-41-50(4,5)60-32-24-49(2,3)61-33-26-52-25-16-10-11-17-29-56(7,8)30-18-27-55-28-23-42(44-19-12-13-20-45(44)55)38-48-54(6)46-21-14-15-22-47(46)62-48/h12-15,19-23,28,38-39,43,52H,9-11,16-18,24-27,29-37,40-41,51H2,1-8H3/q+2. The van der Waals surface area contributed by atoms with Crippen molar-refractivity contribution in [2.75, 3.05) is 112 Å². The van der Waals surface area contributed by atoms with Gasteiger partial charge < -0.3 is 44.1 Å². The van der Waals surface area contributed by atoms with Crippen LogP contribution >= 0.6 is 11.8 Å². The molecule has 0 saturated heterocycles. The van der Waals surface area contributed by atoms with Crippen molar-refractivity contribution in [1.82, 2.24) is 5.32 Å². The molecule has 0 saturated carbocycles. The van der Waals surface area contributed by atoms with E-state index in [1.807, 2.05) is 11.8 Å². The highest BCUT2D eigenvalue weighted by molar-refractivity contribution is 8.03. The number of para-hydroxylation sites is 2. The van der Waals surface area contributed by atoms with Crippen LogP contribution in [-0.2, 0) is 30.2 Å². The number of thioether (sulfide) groups is 1. The van der Waals surface area contributed by atoms with Crippen molar-refractivity contribution < 1.29 is 32.7 Å². The second kappa shape index (κ2) is 27.4. The van der Waals surface area contributed by atoms with Crippen LogP contribution in [0.5, 0.6) is 0 Å². The number of benzene rings is 2. The predicted molar refractivity (Wildman–Crippen MR) is 259 cm³/mol. The fourth-order valence-electron chi connectivity index (χ4n) is 7.40. The van der Waals surface area contributed by atoms with Crippen molar-refractivity contribution in [3.05, 3.63) is 71.4 Å². The number of aliphatic imine (C=N–C) groups is 1. The van der Waals surface area contributed by atoms with Crippen LogP contribution in [0.15, 0.2) is 75.7 Å². The molecule has 0 fully saturated rings. The minimum atomic E-state index is -0.390. The highest BCUT2D eigenvalue weighted by Gasteiger charge is 2.24. The van der Waals surface area contributed by atoms with Gasteiger partial charge in [-0.25, -0.2) is 0 Å². The lowest BCUT2D eigenvalue weighted by Gasteiger charge is -2.29. The Morgan fingerprint density at radius 2 is 1.50 bits per heavy atom. The van der Waals surface area contributed by atoms with Crippen molar-refractivity contribution in [2.45, 2.75) is 108 Å². The van der Waals surface area contributed by atoms with E-state index in [4.69, 9.17) is 29.4 Å². The zero-order valence-electron chi connectivity index (χ0n) is 39.7. The smallest absolute Gasteiger partial charge is 0.213 e. The summed E-state index contributed by atoms with van der Waals surface area (Å²) in [7, 11) is 6.94. The number of rotatable bonds is 33. The summed E-state index contributed by atoms with van der Waals surface area (Å²) in [5.41, 5.74) is 9.34. The lowest BCUT2D eigenvalue weighted by atomic mass is 10.1. The molecule has 1 aliphatic heterocycles. The zero-order chi connectivity index (χ0) is 44.7. The summed E-state index contributed by atoms with van der Waals surface area (Å²) in [5.74, 6) is 0. The summed E-state index contributed by atoms with van der Waals surface area (Å²) < 4.78 is 32.4. The molecule has 0 spiro atoms. The number of nitrogens with zero attached hydrogens (tertiary/aromatic N) is 4. The van der Waals surface area contributed by atoms with Crippen molar-refractivity contribution in [1.29, 1.82) is 0 Å². The molecule has 1 aromatic heterocycles. The Balaban J connectivity index is 0.999. The van der Waals surface area contributed by atoms with Gasteiger partial charge in [0.1, 0.15) is 0 Å². The number of nitrogens with two attached hydrogens (primary N) is 1. The number of fused-ring (bicyclic) bond motifs is 2. The van der Waals surface area contributed by atoms with Crippen molar-refractivity contribution in [3.8, 4) is 0 Å². The quantitative estimate of drug-likeness (QED) is 0.0272. The lowest BCUT2D eigenvalue weighted by Crippen LogP contribution is -2.44. The molecule has 0 amide bonds. The number of pyridine rings is 1. The van der Waals surface area contributed by atoms with Gasteiger partial charge in [0.15, 0.2) is 12.7 Å². The van der Waals surface area contributed by atoms with Crippen molar-refractivity contribution in [2.24, 2.45) is 10.7 Å². The maximum Gasteiger partial charge on any atom is 0.213 e. The van der Waals surface area contributed by atoms with Crippen molar-refractivity contribution >= 4 is 40.6 Å². The summed E-state index contributed by atoms with van der Waals surface area (Å²) in [6.45, 7) is 21.0. The van der Waals surface area contributed by atoms with Gasteiger partial charge in [-0.3, -0.25) is 4.99 Å². The summed E-state index contributed by atoms with van der Waals surface area (Å²) in [4.78, 5) is 8.14. The van der Waals surface area contributed by atoms with E-state index < -0.39 is 0 Å². The number of ether oxygens (including phenoxy) is 5. The van der Waals surface area contributed by atoms with Gasteiger partial charge in [-0.05, 0) is 96.2 Å². The first-order valence-corrected chi connectivity index (χ1v) is 24.0. The number of aryl methyl sites for hydroxylation is 1. The minimum Gasteiger partial charge on any atom is -0.379 e. The number of nitrogens with one attached hydrogen (secondary N) is 1. The molecule has 346 valence electrons. The van der Waals surface area contributed by atoms with Crippen LogP contribution in [0.4, 0.5) is 5.69 Å². The third kappa shape index (κ3) is 19.5. The molecular formula is C50H82N6O5S+2. The number of hydrogen-bond acceptors (Lipinski definition) is 10. The van der Waals surface area contributed by atoms with E-state index in [-0.39, 0.29) is 17.2 Å². The molecule has 1 atom stereocenters. The van der Waals surface area contributed by atoms with Gasteiger partial charge in [0.05, 0.1) is 120 Å². The lowest BCUT2D eigenvalue weighted by molar-refractivity contribution is -0.892. The van der Waals surface area contributed by atoms with E-state index in [1.165, 1.54) is 70.9 Å². The first-order chi connectivity index (χ1) is 29.8. The fourth-order valence-corrected chi connectivity index (χ4v) is 8.51. The van der Waals surface area contributed by atoms with Crippen molar-refractivity contribution in [3.63, 3.8) is 0 Å². The van der Waals surface area contributed by atoms with Crippen LogP contribution < -0.4 is 20.5 Å². The Hall–Kier alpha value is -2.91. The molecular weight excluding hydrogens is 797 g/mol. The molecule has 1 aliphatic rings. The van der Waals surface area contributed by atoms with Crippen LogP contribution in [0.3, 0.4) is 0 Å². The third-order valence-electron chi connectivity index (χ3n) is 11.2. The van der Waals surface area contributed by atoms with Gasteiger partial charge in [-0.1, -0.05) is 49.4 Å². The summed E-state index contributed by atoms with van der Waals surface area (Å²) in [5, 5.41) is 6.14. The topological polar surface area (TPSA) is 104 Å². The predicted octanol–water partition coefficient (Wildman–Crippen LogP) is 8.12. The van der Waals surface area contributed by atoms with Crippen LogP contribution in [0, 0.1) is 0 Å². The molecule has 0 bridgehead atoms. The Labute approximate surface area is 379 Å². The van der Waals surface area contributed by atoms with Gasteiger partial charge in [-0.15, -0.1) is 0 Å². The number of unbranched alkanes of at least 4 members (excludes halogenated alkanes) is 3. The largest absolute Gasteiger partial charge is 0.379 e. The average molecular weight is 879 g/mol. The van der Waals surface area contributed by atoms with E-state index in [2.05, 4.69) is 142 Å². The number of quaternary nitrogens is 1. The van der Waals surface area contributed by atoms with Crippen LogP contribution in [0.2, 0.25) is 0 Å². The van der Waals surface area contributed by atoms with Gasteiger partial charge in [0.2, 0.25) is 5.52 Å². The summed E-state index contributed by atoms with van der Waals surface area (Å²) in [6, 6.07) is 19.5. The van der Waals surface area contributed by atoms with Crippen LogP contribution in [0.1, 0.15) is 85.1 Å². The monoisotopic (exact) mass is 879 g/mol. The Kier molecular flexibility index (Phi) is 22.9. The fraction of sp³-hybridized carbons (Fsp3) is 0.640. The van der Waals surface area contributed by atoms with E-state index in [0.717, 1.165) is 50.0 Å². The first-order valence-electron chi connectivity index (χ1n) is 23.2. The molecule has 0 radical (unpaired) electrons. The average Bonchev–Trinajstić information content (AvgIpc) is 3.55. The van der Waals surface area contributed by atoms with Gasteiger partial charge in [0, 0.05) is 43.4 Å². The zero-order valence-corrected chi connectivity index (χ0v) is 40.5. The summed E-state index contributed by atoms with van der Waals surface area (Å²) in [6.07, 6.45) is 14.3. The maximum atomic E-state index is 6.22. The van der Waals surface area contributed by atoms with E-state index >= 15 is 0 Å². The first kappa shape index (κ1) is 51.7. The van der Waals surface area contributed by atoms with Gasteiger partial charge >= 0.3 is 0 Å². The number of hydrogen-bond donors (Lipinski definition) is 2. The number of aromatic nitrogens is 1. The van der Waals surface area contributed by atoms with Crippen LogP contribution in [-0.4, -0.2) is 135 Å². The van der Waals surface area contributed by atoms with E-state index in [1.54, 1.807) is 6.21 Å². The summed E-state index contributed by atoms with van der Waals surface area (Å²) >= 11 is 1.85. The molecule has 4 rings (SSSR count). The van der Waals surface area contributed by atoms with Gasteiger partial charge in [0.25, 0.3) is 0 Å². The maximum absolute atomic E-state index is 6.22. The second-order valence-corrected chi connectivity index (χ2v) is 19.5. The molecule has 2 aromatic carbocycles. The molecule has 11 nitrogen and oxygen atoms in total.